The molecule has 26 heavy (non-hydrogen) atoms. The molecule has 0 saturated carbocycles. The van der Waals surface area contributed by atoms with Crippen LogP contribution in [0.4, 0.5) is 0 Å². The van der Waals surface area contributed by atoms with Crippen molar-refractivity contribution in [3.05, 3.63) is 72.1 Å². The Hall–Kier alpha value is -2.56. The van der Waals surface area contributed by atoms with Gasteiger partial charge >= 0.3 is 0 Å². The average molecular weight is 344 g/mol. The van der Waals surface area contributed by atoms with Crippen LogP contribution in [0.15, 0.2) is 60.9 Å². The predicted octanol–water partition coefficient (Wildman–Crippen LogP) is 3.69. The molecule has 2 fully saturated rings. The molecule has 3 heterocycles. The quantitative estimate of drug-likeness (QED) is 0.640. The third-order valence-electron chi connectivity index (χ3n) is 4.88. The maximum atomic E-state index is 5.29. The fourth-order valence-corrected chi connectivity index (χ4v) is 3.15. The summed E-state index contributed by atoms with van der Waals surface area (Å²) in [7, 11) is 0. The van der Waals surface area contributed by atoms with Crippen LogP contribution in [0, 0.1) is 0 Å². The van der Waals surface area contributed by atoms with Crippen molar-refractivity contribution in [3.63, 3.8) is 0 Å². The van der Waals surface area contributed by atoms with Gasteiger partial charge in [-0.05, 0) is 16.7 Å². The predicted molar refractivity (Wildman–Crippen MR) is 99.8 cm³/mol. The molecule has 130 valence electrons. The van der Waals surface area contributed by atoms with E-state index in [1.54, 1.807) is 0 Å². The number of benzene rings is 2. The van der Waals surface area contributed by atoms with E-state index in [4.69, 9.17) is 9.47 Å². The van der Waals surface area contributed by atoms with Crippen LogP contribution in [-0.2, 0) is 22.3 Å². The minimum Gasteiger partial charge on any atom is -0.373 e. The summed E-state index contributed by atoms with van der Waals surface area (Å²) in [5.41, 5.74) is 5.81. The van der Waals surface area contributed by atoms with Crippen molar-refractivity contribution in [2.75, 3.05) is 13.2 Å². The second-order valence-corrected chi connectivity index (χ2v) is 7.01. The molecule has 0 spiro atoms. The maximum absolute atomic E-state index is 5.29. The molecule has 5 rings (SSSR count). The molecule has 4 heteroatoms. The highest BCUT2D eigenvalue weighted by molar-refractivity contribution is 5.64. The summed E-state index contributed by atoms with van der Waals surface area (Å²) in [6, 6.07) is 17.0. The summed E-state index contributed by atoms with van der Waals surface area (Å²) in [4.78, 5) is 9.11. The van der Waals surface area contributed by atoms with Gasteiger partial charge in [-0.1, -0.05) is 48.5 Å². The maximum Gasteiger partial charge on any atom is 0.159 e. The van der Waals surface area contributed by atoms with Gasteiger partial charge in [-0.25, -0.2) is 9.97 Å². The standard InChI is InChI=1S/C22H20N2O2/c1-5-17(6-2-15(1)9-20-13-25-20)19-11-23-22(24-12-19)18-7-3-16(4-8-18)10-21-14-26-21/h1-8,11-12,20-21H,9-10,13-14H2. The number of epoxide rings is 2. The van der Waals surface area contributed by atoms with E-state index >= 15 is 0 Å². The topological polar surface area (TPSA) is 50.8 Å². The number of hydrogen-bond acceptors (Lipinski definition) is 4. The van der Waals surface area contributed by atoms with Gasteiger partial charge in [0, 0.05) is 36.4 Å². The molecular weight excluding hydrogens is 324 g/mol. The van der Waals surface area contributed by atoms with E-state index in [2.05, 4.69) is 58.5 Å². The van der Waals surface area contributed by atoms with Crippen LogP contribution in [0.25, 0.3) is 22.5 Å². The molecule has 2 saturated heterocycles. The summed E-state index contributed by atoms with van der Waals surface area (Å²) in [5, 5.41) is 0. The van der Waals surface area contributed by atoms with Crippen LogP contribution >= 0.6 is 0 Å². The fourth-order valence-electron chi connectivity index (χ4n) is 3.15. The van der Waals surface area contributed by atoms with E-state index in [1.165, 1.54) is 11.1 Å². The van der Waals surface area contributed by atoms with Crippen LogP contribution < -0.4 is 0 Å². The monoisotopic (exact) mass is 344 g/mol. The molecule has 0 aliphatic carbocycles. The number of nitrogens with zero attached hydrogens (tertiary/aromatic N) is 2. The first-order valence-corrected chi connectivity index (χ1v) is 9.07. The van der Waals surface area contributed by atoms with Crippen molar-refractivity contribution in [1.82, 2.24) is 9.97 Å². The number of hydrogen-bond donors (Lipinski definition) is 0. The molecule has 0 N–H and O–H groups in total. The summed E-state index contributed by atoms with van der Waals surface area (Å²) < 4.78 is 10.6. The van der Waals surface area contributed by atoms with Gasteiger partial charge < -0.3 is 9.47 Å². The van der Waals surface area contributed by atoms with Gasteiger partial charge in [0.05, 0.1) is 25.4 Å². The molecule has 0 bridgehead atoms. The number of ether oxygens (including phenoxy) is 2. The van der Waals surface area contributed by atoms with Gasteiger partial charge in [-0.2, -0.15) is 0 Å². The summed E-state index contributed by atoms with van der Waals surface area (Å²) in [6.07, 6.45) is 6.62. The molecule has 2 aliphatic heterocycles. The van der Waals surface area contributed by atoms with E-state index in [0.29, 0.717) is 12.2 Å². The highest BCUT2D eigenvalue weighted by atomic mass is 16.6. The lowest BCUT2D eigenvalue weighted by Crippen LogP contribution is -1.94. The normalized spacial score (nSPS) is 20.8. The van der Waals surface area contributed by atoms with Crippen molar-refractivity contribution in [2.24, 2.45) is 0 Å². The first-order chi connectivity index (χ1) is 12.8. The van der Waals surface area contributed by atoms with Gasteiger partial charge in [0.1, 0.15) is 0 Å². The zero-order valence-electron chi connectivity index (χ0n) is 14.5. The fraction of sp³-hybridized carbons (Fsp3) is 0.273. The van der Waals surface area contributed by atoms with Gasteiger partial charge in [0.25, 0.3) is 0 Å². The lowest BCUT2D eigenvalue weighted by molar-refractivity contribution is 0.407. The SMILES string of the molecule is c1cc(-c2cnc(-c3ccc(CC4CO4)cc3)nc2)ccc1CC1CO1. The first kappa shape index (κ1) is 15.7. The molecule has 2 atom stereocenters. The minimum absolute atomic E-state index is 0.416. The molecule has 1 aromatic heterocycles. The summed E-state index contributed by atoms with van der Waals surface area (Å²) in [5.74, 6) is 0.755. The van der Waals surface area contributed by atoms with Crippen molar-refractivity contribution >= 4 is 0 Å². The van der Waals surface area contributed by atoms with Gasteiger partial charge in [-0.3, -0.25) is 0 Å². The van der Waals surface area contributed by atoms with Crippen molar-refractivity contribution < 1.29 is 9.47 Å². The second-order valence-electron chi connectivity index (χ2n) is 7.01. The molecule has 2 unspecified atom stereocenters. The van der Waals surface area contributed by atoms with Gasteiger partial charge in [0.15, 0.2) is 5.82 Å². The average Bonchev–Trinajstić information content (AvgIpc) is 3.61. The zero-order chi connectivity index (χ0) is 17.3. The van der Waals surface area contributed by atoms with Gasteiger partial charge in [0.2, 0.25) is 0 Å². The Labute approximate surface area is 152 Å². The Kier molecular flexibility index (Phi) is 4.00. The van der Waals surface area contributed by atoms with E-state index in [1.807, 2.05) is 12.4 Å². The Morgan fingerprint density at radius 3 is 1.58 bits per heavy atom. The Bertz CT molecular complexity index is 804. The van der Waals surface area contributed by atoms with Crippen molar-refractivity contribution in [1.29, 1.82) is 0 Å². The van der Waals surface area contributed by atoms with Gasteiger partial charge in [-0.15, -0.1) is 0 Å². The van der Waals surface area contributed by atoms with E-state index < -0.39 is 0 Å². The van der Waals surface area contributed by atoms with E-state index in [9.17, 15) is 0 Å². The summed E-state index contributed by atoms with van der Waals surface area (Å²) in [6.45, 7) is 1.79. The Morgan fingerprint density at radius 2 is 1.12 bits per heavy atom. The number of aromatic nitrogens is 2. The summed E-state index contributed by atoms with van der Waals surface area (Å²) >= 11 is 0. The van der Waals surface area contributed by atoms with Crippen molar-refractivity contribution in [3.8, 4) is 22.5 Å². The van der Waals surface area contributed by atoms with Crippen molar-refractivity contribution in [2.45, 2.75) is 25.0 Å². The number of rotatable bonds is 6. The molecule has 0 amide bonds. The third-order valence-corrected chi connectivity index (χ3v) is 4.88. The van der Waals surface area contributed by atoms with Crippen LogP contribution in [0.1, 0.15) is 11.1 Å². The molecule has 0 radical (unpaired) electrons. The largest absolute Gasteiger partial charge is 0.373 e. The van der Waals surface area contributed by atoms with Crippen LogP contribution in [0.5, 0.6) is 0 Å². The Balaban J connectivity index is 1.29. The molecular formula is C22H20N2O2. The minimum atomic E-state index is 0.416. The lowest BCUT2D eigenvalue weighted by atomic mass is 10.0. The lowest BCUT2D eigenvalue weighted by Gasteiger charge is -2.05. The second kappa shape index (κ2) is 6.63. The smallest absolute Gasteiger partial charge is 0.159 e. The van der Waals surface area contributed by atoms with Crippen LogP contribution in [0.2, 0.25) is 0 Å². The van der Waals surface area contributed by atoms with Crippen LogP contribution in [0.3, 0.4) is 0 Å². The third kappa shape index (κ3) is 3.66. The van der Waals surface area contributed by atoms with Crippen LogP contribution in [-0.4, -0.2) is 35.4 Å². The molecule has 4 nitrogen and oxygen atoms in total. The highest BCUT2D eigenvalue weighted by Crippen LogP contribution is 2.24. The zero-order valence-corrected chi connectivity index (χ0v) is 14.5. The van der Waals surface area contributed by atoms with E-state index in [-0.39, 0.29) is 0 Å². The Morgan fingerprint density at radius 1 is 0.654 bits per heavy atom. The molecule has 3 aromatic rings. The van der Waals surface area contributed by atoms with E-state index in [0.717, 1.165) is 48.6 Å². The highest BCUT2D eigenvalue weighted by Gasteiger charge is 2.23. The molecule has 2 aliphatic rings. The molecule has 2 aromatic carbocycles. The first-order valence-electron chi connectivity index (χ1n) is 9.07.